The van der Waals surface area contributed by atoms with Gasteiger partial charge in [0.15, 0.2) is 0 Å². The molecular weight excluding hydrogens is 901 g/mol. The van der Waals surface area contributed by atoms with Crippen molar-refractivity contribution in [3.05, 3.63) is 266 Å². The van der Waals surface area contributed by atoms with Crippen LogP contribution in [0.5, 0.6) is 0 Å². The van der Waals surface area contributed by atoms with Gasteiger partial charge in [0.2, 0.25) is 0 Å². The van der Waals surface area contributed by atoms with Crippen LogP contribution in [0.2, 0.25) is 0 Å². The number of nitrogens with one attached hydrogen (secondary N) is 4. The third-order valence-corrected chi connectivity index (χ3v) is 14.2. The Morgan fingerprint density at radius 3 is 0.973 bits per heavy atom. The van der Waals surface area contributed by atoms with Crippen LogP contribution in [0.15, 0.2) is 255 Å². The minimum absolute atomic E-state index is 0.965. The number of benzene rings is 11. The van der Waals surface area contributed by atoms with Crippen LogP contribution in [-0.4, -0.2) is 9.13 Å². The summed E-state index contributed by atoms with van der Waals surface area (Å²) >= 11 is 0. The van der Waals surface area contributed by atoms with Crippen molar-refractivity contribution in [3.8, 4) is 33.6 Å². The molecule has 0 atom stereocenters. The molecule has 4 N–H and O–H groups in total. The van der Waals surface area contributed by atoms with Gasteiger partial charge in [0.05, 0.1) is 56.2 Å². The maximum atomic E-state index is 3.96. The van der Waals surface area contributed by atoms with Crippen molar-refractivity contribution in [1.29, 1.82) is 0 Å². The van der Waals surface area contributed by atoms with E-state index in [9.17, 15) is 0 Å². The van der Waals surface area contributed by atoms with Crippen molar-refractivity contribution in [2.75, 3.05) is 21.3 Å². The van der Waals surface area contributed by atoms with Gasteiger partial charge in [0, 0.05) is 55.4 Å². The lowest BCUT2D eigenvalue weighted by Crippen LogP contribution is -2.06. The van der Waals surface area contributed by atoms with Crippen molar-refractivity contribution in [1.82, 2.24) is 9.13 Å². The highest BCUT2D eigenvalue weighted by atomic mass is 15.1. The zero-order valence-electron chi connectivity index (χ0n) is 41.1. The fourth-order valence-corrected chi connectivity index (χ4v) is 10.6. The Bertz CT molecular complexity index is 3890. The van der Waals surface area contributed by atoms with Gasteiger partial charge in [-0.05, 0) is 110 Å². The molecular formula is C68H52N6. The molecule has 0 spiro atoms. The van der Waals surface area contributed by atoms with Gasteiger partial charge >= 0.3 is 0 Å². The van der Waals surface area contributed by atoms with Crippen molar-refractivity contribution in [2.24, 2.45) is 0 Å². The molecule has 0 aliphatic rings. The summed E-state index contributed by atoms with van der Waals surface area (Å²) < 4.78 is 4.91. The van der Waals surface area contributed by atoms with Gasteiger partial charge in [0.1, 0.15) is 0 Å². The molecule has 2 heterocycles. The summed E-state index contributed by atoms with van der Waals surface area (Å²) in [4.78, 5) is 0. The smallest absolute Gasteiger partial charge is 0.0874 e. The molecule has 13 aromatic rings. The average Bonchev–Trinajstić information content (AvgIpc) is 3.95. The van der Waals surface area contributed by atoms with Gasteiger partial charge in [0.25, 0.3) is 0 Å². The summed E-state index contributed by atoms with van der Waals surface area (Å²) in [5.41, 5.74) is 21.2. The van der Waals surface area contributed by atoms with E-state index in [4.69, 9.17) is 0 Å². The van der Waals surface area contributed by atoms with E-state index >= 15 is 0 Å². The van der Waals surface area contributed by atoms with Crippen molar-refractivity contribution < 1.29 is 0 Å². The second-order valence-electron chi connectivity index (χ2n) is 19.1. The summed E-state index contributed by atoms with van der Waals surface area (Å²) in [5.74, 6) is 0. The van der Waals surface area contributed by atoms with E-state index < -0.39 is 0 Å². The lowest BCUT2D eigenvalue weighted by atomic mass is 10.00. The van der Waals surface area contributed by atoms with Crippen LogP contribution in [0.1, 0.15) is 11.1 Å². The number of anilines is 8. The number of para-hydroxylation sites is 4. The Balaban J connectivity index is 1.10. The van der Waals surface area contributed by atoms with E-state index in [-0.39, 0.29) is 0 Å². The van der Waals surface area contributed by atoms with Gasteiger partial charge in [-0.1, -0.05) is 181 Å². The lowest BCUT2D eigenvalue weighted by molar-refractivity contribution is 1.17. The fraction of sp³-hybridized carbons (Fsp3) is 0.0294. The topological polar surface area (TPSA) is 58.0 Å². The number of aryl methyl sites for hydroxylation is 2. The summed E-state index contributed by atoms with van der Waals surface area (Å²) in [6.45, 7) is 4.25. The Morgan fingerprint density at radius 1 is 0.257 bits per heavy atom. The van der Waals surface area contributed by atoms with Crippen LogP contribution in [0.25, 0.3) is 77.2 Å². The lowest BCUT2D eigenvalue weighted by Gasteiger charge is -2.23. The van der Waals surface area contributed by atoms with Crippen LogP contribution in [0, 0.1) is 13.8 Å². The summed E-state index contributed by atoms with van der Waals surface area (Å²) in [5, 5.41) is 20.4. The number of hydrogen-bond donors (Lipinski definition) is 4. The zero-order chi connectivity index (χ0) is 49.5. The highest BCUT2D eigenvalue weighted by Crippen LogP contribution is 2.48. The first-order valence-corrected chi connectivity index (χ1v) is 25.3. The van der Waals surface area contributed by atoms with Gasteiger partial charge in [-0.2, -0.15) is 0 Å². The average molecular weight is 953 g/mol. The first-order valence-electron chi connectivity index (χ1n) is 25.3. The summed E-state index contributed by atoms with van der Waals surface area (Å²) in [6, 6.07) is 91.2. The van der Waals surface area contributed by atoms with E-state index in [2.05, 4.69) is 299 Å². The number of aromatic nitrogens is 2. The van der Waals surface area contributed by atoms with Crippen molar-refractivity contribution >= 4 is 89.1 Å². The Labute approximate surface area is 430 Å². The predicted octanol–water partition coefficient (Wildman–Crippen LogP) is 18.8. The molecule has 0 amide bonds. The predicted molar refractivity (Wildman–Crippen MR) is 314 cm³/mol. The molecule has 0 radical (unpaired) electrons. The van der Waals surface area contributed by atoms with E-state index in [0.29, 0.717) is 0 Å². The van der Waals surface area contributed by atoms with E-state index in [1.54, 1.807) is 0 Å². The molecule has 74 heavy (non-hydrogen) atoms. The van der Waals surface area contributed by atoms with Gasteiger partial charge in [-0.15, -0.1) is 0 Å². The Kier molecular flexibility index (Phi) is 11.2. The summed E-state index contributed by atoms with van der Waals surface area (Å²) in [6.07, 6.45) is 0. The van der Waals surface area contributed by atoms with Gasteiger partial charge in [-0.25, -0.2) is 0 Å². The van der Waals surface area contributed by atoms with Crippen LogP contribution in [0.4, 0.5) is 45.5 Å². The van der Waals surface area contributed by atoms with E-state index in [1.807, 2.05) is 0 Å². The van der Waals surface area contributed by atoms with E-state index in [1.165, 1.54) is 11.1 Å². The molecule has 6 heteroatoms. The molecule has 13 rings (SSSR count). The zero-order valence-corrected chi connectivity index (χ0v) is 41.1. The molecule has 354 valence electrons. The molecule has 0 unspecified atom stereocenters. The molecule has 0 bridgehead atoms. The minimum Gasteiger partial charge on any atom is -0.353 e. The standard InChI is InChI=1S/C68H52N6/c1-45-31-35-51(36-32-45)69-65-53(47-19-7-3-8-20-47)39-41-61(67(65)71-49-23-11-5-12-24-49)73-59-29-17-15-27-55(59)57-44-64-58(43-63(57)73)56-28-16-18-30-60(56)74(64)62-42-40-54(48-21-9-4-10-22-48)66(70-52-37-33-46(2)34-38-52)68(62)72-50-25-13-6-14-26-50/h3-44,69-72H,1-2H3. The van der Waals surface area contributed by atoms with Crippen LogP contribution in [-0.2, 0) is 0 Å². The highest BCUT2D eigenvalue weighted by Gasteiger charge is 2.25. The van der Waals surface area contributed by atoms with Crippen LogP contribution >= 0.6 is 0 Å². The SMILES string of the molecule is Cc1ccc(Nc2c(-c3ccccc3)ccc(-n3c4ccccc4c4cc5c(cc43)c3ccccc3n5-c3ccc(-c4ccccc4)c(Nc4ccc(C)cc4)c3Nc3ccccc3)c2Nc2ccccc2)cc1. The molecule has 0 aliphatic carbocycles. The molecule has 6 nitrogen and oxygen atoms in total. The highest BCUT2D eigenvalue weighted by molar-refractivity contribution is 6.20. The van der Waals surface area contributed by atoms with Crippen LogP contribution < -0.4 is 21.3 Å². The van der Waals surface area contributed by atoms with E-state index in [0.717, 1.165) is 123 Å². The summed E-state index contributed by atoms with van der Waals surface area (Å²) in [7, 11) is 0. The van der Waals surface area contributed by atoms with Crippen LogP contribution in [0.3, 0.4) is 0 Å². The second kappa shape index (κ2) is 18.8. The molecule has 0 aliphatic heterocycles. The fourth-order valence-electron chi connectivity index (χ4n) is 10.6. The maximum absolute atomic E-state index is 3.96. The normalized spacial score (nSPS) is 11.4. The third-order valence-electron chi connectivity index (χ3n) is 14.2. The Hall–Kier alpha value is -9.78. The maximum Gasteiger partial charge on any atom is 0.0874 e. The first-order chi connectivity index (χ1) is 36.5. The van der Waals surface area contributed by atoms with Crippen molar-refractivity contribution in [2.45, 2.75) is 13.8 Å². The number of hydrogen-bond acceptors (Lipinski definition) is 4. The molecule has 0 saturated heterocycles. The number of fused-ring (bicyclic) bond motifs is 6. The van der Waals surface area contributed by atoms with Gasteiger partial charge < -0.3 is 30.4 Å². The largest absolute Gasteiger partial charge is 0.353 e. The first kappa shape index (κ1) is 44.2. The molecule has 11 aromatic carbocycles. The molecule has 0 fully saturated rings. The third kappa shape index (κ3) is 8.05. The van der Waals surface area contributed by atoms with Gasteiger partial charge in [-0.3, -0.25) is 0 Å². The van der Waals surface area contributed by atoms with Crippen molar-refractivity contribution in [3.63, 3.8) is 0 Å². The monoisotopic (exact) mass is 952 g/mol. The molecule has 2 aromatic heterocycles. The quantitative estimate of drug-likeness (QED) is 0.0986. The minimum atomic E-state index is 0.965. The molecule has 0 saturated carbocycles. The second-order valence-corrected chi connectivity index (χ2v) is 19.1. The Morgan fingerprint density at radius 2 is 0.581 bits per heavy atom. The number of nitrogens with zero attached hydrogens (tertiary/aromatic N) is 2. The number of rotatable bonds is 12.